The van der Waals surface area contributed by atoms with Crippen LogP contribution in [-0.2, 0) is 13.9 Å². The first-order chi connectivity index (χ1) is 14.0. The molecule has 0 heterocycles. The number of nitrogens with zero attached hydrogens (tertiary/aromatic N) is 1. The fourth-order valence-electron chi connectivity index (χ4n) is 3.34. The molecule has 0 spiro atoms. The molecule has 0 aliphatic rings. The highest BCUT2D eigenvalue weighted by molar-refractivity contribution is 7.52. The van der Waals surface area contributed by atoms with E-state index in [0.717, 1.165) is 51.6 Å². The summed E-state index contributed by atoms with van der Waals surface area (Å²) in [6.45, 7) is 8.27. The van der Waals surface area contributed by atoms with E-state index in [9.17, 15) is 14.3 Å². The molecule has 0 aromatic heterocycles. The van der Waals surface area contributed by atoms with Crippen molar-refractivity contribution in [1.82, 2.24) is 4.90 Å². The SMILES string of the molecule is CCCCCCCCN(CCCCCCCC)C(=O)CCP(=O)(O)OCCCC. The van der Waals surface area contributed by atoms with Gasteiger partial charge in [-0.15, -0.1) is 0 Å². The van der Waals surface area contributed by atoms with Gasteiger partial charge in [0.2, 0.25) is 5.91 Å². The Balaban J connectivity index is 4.36. The van der Waals surface area contributed by atoms with Crippen molar-refractivity contribution in [2.24, 2.45) is 0 Å². The molecule has 6 heteroatoms. The van der Waals surface area contributed by atoms with Crippen molar-refractivity contribution in [3.05, 3.63) is 0 Å². The number of carbonyl (C=O) groups is 1. The molecule has 1 unspecified atom stereocenters. The molecule has 1 amide bonds. The zero-order chi connectivity index (χ0) is 21.8. The average Bonchev–Trinajstić information content (AvgIpc) is 2.70. The van der Waals surface area contributed by atoms with Gasteiger partial charge in [0.1, 0.15) is 0 Å². The Morgan fingerprint density at radius 1 is 0.759 bits per heavy atom. The van der Waals surface area contributed by atoms with E-state index in [2.05, 4.69) is 13.8 Å². The monoisotopic (exact) mass is 433 g/mol. The number of carbonyl (C=O) groups excluding carboxylic acids is 1. The second-order valence-corrected chi connectivity index (χ2v) is 10.2. The van der Waals surface area contributed by atoms with Crippen LogP contribution in [-0.4, -0.2) is 41.6 Å². The highest BCUT2D eigenvalue weighted by atomic mass is 31.2. The van der Waals surface area contributed by atoms with Gasteiger partial charge < -0.3 is 14.3 Å². The molecule has 0 aliphatic heterocycles. The third-order valence-corrected chi connectivity index (χ3v) is 6.69. The van der Waals surface area contributed by atoms with Crippen molar-refractivity contribution in [2.45, 2.75) is 117 Å². The summed E-state index contributed by atoms with van der Waals surface area (Å²) in [6.07, 6.45) is 16.1. The topological polar surface area (TPSA) is 66.8 Å². The first-order valence-electron chi connectivity index (χ1n) is 12.2. The summed E-state index contributed by atoms with van der Waals surface area (Å²) in [4.78, 5) is 24.5. The summed E-state index contributed by atoms with van der Waals surface area (Å²) in [6, 6.07) is 0. The van der Waals surface area contributed by atoms with Crippen LogP contribution in [0.4, 0.5) is 0 Å². The van der Waals surface area contributed by atoms with Gasteiger partial charge in [-0.05, 0) is 19.3 Å². The van der Waals surface area contributed by atoms with Crippen LogP contribution in [0.2, 0.25) is 0 Å². The van der Waals surface area contributed by atoms with Crippen molar-refractivity contribution >= 4 is 13.5 Å². The predicted molar refractivity (Wildman–Crippen MR) is 124 cm³/mol. The van der Waals surface area contributed by atoms with Gasteiger partial charge in [0.25, 0.3) is 0 Å². The fourth-order valence-corrected chi connectivity index (χ4v) is 4.36. The van der Waals surface area contributed by atoms with E-state index in [1.54, 1.807) is 0 Å². The summed E-state index contributed by atoms with van der Waals surface area (Å²) < 4.78 is 17.2. The molecule has 0 saturated carbocycles. The first kappa shape index (κ1) is 28.6. The molecule has 0 bridgehead atoms. The van der Waals surface area contributed by atoms with Crippen LogP contribution in [0.15, 0.2) is 0 Å². The van der Waals surface area contributed by atoms with Gasteiger partial charge in [-0.3, -0.25) is 9.36 Å². The lowest BCUT2D eigenvalue weighted by Crippen LogP contribution is -2.33. The molecular weight excluding hydrogens is 385 g/mol. The highest BCUT2D eigenvalue weighted by Crippen LogP contribution is 2.42. The van der Waals surface area contributed by atoms with E-state index in [1.807, 2.05) is 11.8 Å². The van der Waals surface area contributed by atoms with Crippen molar-refractivity contribution in [3.8, 4) is 0 Å². The Labute approximate surface area is 180 Å². The van der Waals surface area contributed by atoms with E-state index in [-0.39, 0.29) is 25.1 Å². The minimum Gasteiger partial charge on any atom is -0.343 e. The van der Waals surface area contributed by atoms with E-state index in [4.69, 9.17) is 4.52 Å². The quantitative estimate of drug-likeness (QED) is 0.157. The molecule has 0 aromatic carbocycles. The second-order valence-electron chi connectivity index (χ2n) is 8.21. The lowest BCUT2D eigenvalue weighted by Gasteiger charge is -2.23. The standard InChI is InChI=1S/C23H48NO4P/c1-4-7-10-12-14-16-19-24(20-17-15-13-11-8-5-2)23(25)18-22-29(26,27)28-21-9-6-3/h4-22H2,1-3H3,(H,26,27). The van der Waals surface area contributed by atoms with Crippen molar-refractivity contribution in [3.63, 3.8) is 0 Å². The Kier molecular flexibility index (Phi) is 19.3. The zero-order valence-electron chi connectivity index (χ0n) is 19.5. The molecule has 29 heavy (non-hydrogen) atoms. The van der Waals surface area contributed by atoms with Crippen LogP contribution in [0.3, 0.4) is 0 Å². The van der Waals surface area contributed by atoms with Gasteiger partial charge in [-0.2, -0.15) is 0 Å². The van der Waals surface area contributed by atoms with Crippen molar-refractivity contribution < 1.29 is 18.8 Å². The summed E-state index contributed by atoms with van der Waals surface area (Å²) in [5.41, 5.74) is 0. The summed E-state index contributed by atoms with van der Waals surface area (Å²) >= 11 is 0. The summed E-state index contributed by atoms with van der Waals surface area (Å²) in [5.74, 6) is 0.000447. The molecule has 1 atom stereocenters. The third-order valence-electron chi connectivity index (χ3n) is 5.32. The molecule has 0 fully saturated rings. The minimum absolute atomic E-state index is 0.000447. The van der Waals surface area contributed by atoms with E-state index in [1.165, 1.54) is 51.4 Å². The predicted octanol–water partition coefficient (Wildman–Crippen LogP) is 6.93. The molecule has 0 aliphatic carbocycles. The van der Waals surface area contributed by atoms with Crippen LogP contribution in [0.5, 0.6) is 0 Å². The van der Waals surface area contributed by atoms with Crippen LogP contribution >= 0.6 is 7.60 Å². The fraction of sp³-hybridized carbons (Fsp3) is 0.957. The Morgan fingerprint density at radius 3 is 1.69 bits per heavy atom. The van der Waals surface area contributed by atoms with Gasteiger partial charge in [-0.1, -0.05) is 91.4 Å². The minimum atomic E-state index is -3.65. The van der Waals surface area contributed by atoms with Crippen LogP contribution in [0.25, 0.3) is 0 Å². The normalized spacial score (nSPS) is 13.4. The van der Waals surface area contributed by atoms with Gasteiger partial charge in [0, 0.05) is 19.5 Å². The smallest absolute Gasteiger partial charge is 0.328 e. The largest absolute Gasteiger partial charge is 0.343 e. The summed E-state index contributed by atoms with van der Waals surface area (Å²) in [7, 11) is -3.65. The van der Waals surface area contributed by atoms with E-state index in [0.29, 0.717) is 0 Å². The third kappa shape index (κ3) is 18.1. The van der Waals surface area contributed by atoms with Crippen molar-refractivity contribution in [1.29, 1.82) is 0 Å². The van der Waals surface area contributed by atoms with Gasteiger partial charge >= 0.3 is 7.60 Å². The van der Waals surface area contributed by atoms with E-state index >= 15 is 0 Å². The highest BCUT2D eigenvalue weighted by Gasteiger charge is 2.22. The maximum absolute atomic E-state index is 12.7. The first-order valence-corrected chi connectivity index (χ1v) is 14.0. The number of rotatable bonds is 21. The van der Waals surface area contributed by atoms with Gasteiger partial charge in [0.05, 0.1) is 12.8 Å². The number of unbranched alkanes of at least 4 members (excludes halogenated alkanes) is 11. The van der Waals surface area contributed by atoms with Crippen LogP contribution in [0, 0.1) is 0 Å². The van der Waals surface area contributed by atoms with Crippen molar-refractivity contribution in [2.75, 3.05) is 25.9 Å². The maximum atomic E-state index is 12.7. The molecule has 0 saturated heterocycles. The Hall–Kier alpha value is -0.380. The number of hydrogen-bond acceptors (Lipinski definition) is 3. The lowest BCUT2D eigenvalue weighted by atomic mass is 10.1. The second kappa shape index (κ2) is 19.6. The van der Waals surface area contributed by atoms with Crippen LogP contribution < -0.4 is 0 Å². The molecule has 1 N–H and O–H groups in total. The lowest BCUT2D eigenvalue weighted by molar-refractivity contribution is -0.131. The molecule has 0 radical (unpaired) electrons. The Morgan fingerprint density at radius 2 is 1.21 bits per heavy atom. The molecule has 0 aromatic rings. The molecule has 174 valence electrons. The molecule has 0 rings (SSSR count). The van der Waals surface area contributed by atoms with Crippen LogP contribution in [0.1, 0.15) is 117 Å². The average molecular weight is 434 g/mol. The number of hydrogen-bond donors (Lipinski definition) is 1. The Bertz CT molecular complexity index is 415. The molecule has 5 nitrogen and oxygen atoms in total. The van der Waals surface area contributed by atoms with Gasteiger partial charge in [0.15, 0.2) is 0 Å². The zero-order valence-corrected chi connectivity index (χ0v) is 20.4. The van der Waals surface area contributed by atoms with E-state index < -0.39 is 7.60 Å². The molecular formula is C23H48NO4P. The number of amides is 1. The maximum Gasteiger partial charge on any atom is 0.328 e. The van der Waals surface area contributed by atoms with Gasteiger partial charge in [-0.25, -0.2) is 0 Å². The summed E-state index contributed by atoms with van der Waals surface area (Å²) in [5, 5.41) is 0.